The number of aryl methyl sites for hydroxylation is 1. The van der Waals surface area contributed by atoms with Gasteiger partial charge in [-0.25, -0.2) is 4.98 Å². The molecule has 1 saturated heterocycles. The summed E-state index contributed by atoms with van der Waals surface area (Å²) >= 11 is 0. The number of amides is 1. The molecule has 1 N–H and O–H groups in total. The van der Waals surface area contributed by atoms with Crippen molar-refractivity contribution in [3.8, 4) is 0 Å². The summed E-state index contributed by atoms with van der Waals surface area (Å²) in [6.45, 7) is 5.80. The van der Waals surface area contributed by atoms with Crippen LogP contribution in [0.1, 0.15) is 32.6 Å². The molecule has 0 spiro atoms. The first kappa shape index (κ1) is 14.1. The maximum atomic E-state index is 12.4. The second kappa shape index (κ2) is 7.28. The van der Waals surface area contributed by atoms with Crippen LogP contribution in [0.2, 0.25) is 0 Å². The highest BCUT2D eigenvalue weighted by Gasteiger charge is 2.24. The van der Waals surface area contributed by atoms with E-state index in [1.807, 2.05) is 10.8 Å². The molecule has 1 aliphatic heterocycles. The van der Waals surface area contributed by atoms with E-state index in [0.717, 1.165) is 45.4 Å². The predicted molar refractivity (Wildman–Crippen MR) is 74.7 cm³/mol. The van der Waals surface area contributed by atoms with Crippen molar-refractivity contribution in [3.05, 3.63) is 18.7 Å². The van der Waals surface area contributed by atoms with E-state index in [4.69, 9.17) is 0 Å². The number of rotatable bonds is 6. The zero-order valence-corrected chi connectivity index (χ0v) is 11.7. The Balaban J connectivity index is 1.87. The van der Waals surface area contributed by atoms with Gasteiger partial charge in [0, 0.05) is 37.9 Å². The van der Waals surface area contributed by atoms with Crippen LogP contribution in [0.3, 0.4) is 0 Å². The number of carbonyl (C=O) groups is 1. The van der Waals surface area contributed by atoms with Crippen LogP contribution in [0.15, 0.2) is 18.7 Å². The van der Waals surface area contributed by atoms with Gasteiger partial charge in [-0.05, 0) is 32.4 Å². The molecule has 0 saturated carbocycles. The molecule has 106 valence electrons. The van der Waals surface area contributed by atoms with Crippen LogP contribution in [0.25, 0.3) is 0 Å². The molecular formula is C14H24N4O. The minimum atomic E-state index is 0.280. The Labute approximate surface area is 115 Å². The normalized spacial score (nSPS) is 16.5. The molecule has 0 atom stereocenters. The van der Waals surface area contributed by atoms with Crippen molar-refractivity contribution >= 4 is 5.91 Å². The molecule has 0 radical (unpaired) electrons. The molecule has 19 heavy (non-hydrogen) atoms. The number of aromatic nitrogens is 2. The van der Waals surface area contributed by atoms with Crippen molar-refractivity contribution in [2.24, 2.45) is 0 Å². The number of carbonyl (C=O) groups excluding carboxylic acids is 1. The van der Waals surface area contributed by atoms with Crippen LogP contribution in [-0.2, 0) is 11.3 Å². The Bertz CT molecular complexity index is 371. The molecule has 1 aromatic rings. The average Bonchev–Trinajstić information content (AvgIpc) is 2.96. The summed E-state index contributed by atoms with van der Waals surface area (Å²) in [5.41, 5.74) is 0. The standard InChI is InChI=1S/C14H24N4O/c1-2-9-18(13-3-6-15-7-4-13)14(19)5-10-17-11-8-16-12-17/h8,11-13,15H,2-7,9-10H2,1H3. The smallest absolute Gasteiger partial charge is 0.224 e. The van der Waals surface area contributed by atoms with Crippen LogP contribution in [0.5, 0.6) is 0 Å². The first-order valence-electron chi connectivity index (χ1n) is 7.27. The second-order valence-electron chi connectivity index (χ2n) is 5.12. The summed E-state index contributed by atoms with van der Waals surface area (Å²) in [6, 6.07) is 0.427. The summed E-state index contributed by atoms with van der Waals surface area (Å²) in [6.07, 6.45) is 9.18. The lowest BCUT2D eigenvalue weighted by Gasteiger charge is -2.34. The molecule has 1 aliphatic rings. The number of nitrogens with one attached hydrogen (secondary N) is 1. The van der Waals surface area contributed by atoms with E-state index in [1.165, 1.54) is 0 Å². The maximum Gasteiger partial charge on any atom is 0.224 e. The molecule has 5 nitrogen and oxygen atoms in total. The molecule has 0 bridgehead atoms. The molecule has 2 rings (SSSR count). The van der Waals surface area contributed by atoms with E-state index in [1.54, 1.807) is 12.5 Å². The zero-order valence-electron chi connectivity index (χ0n) is 11.7. The Kier molecular flexibility index (Phi) is 5.39. The first-order valence-corrected chi connectivity index (χ1v) is 7.27. The monoisotopic (exact) mass is 264 g/mol. The number of imidazole rings is 1. The van der Waals surface area contributed by atoms with E-state index in [0.29, 0.717) is 12.5 Å². The van der Waals surface area contributed by atoms with Crippen LogP contribution in [0, 0.1) is 0 Å². The lowest BCUT2D eigenvalue weighted by Crippen LogP contribution is -2.46. The molecule has 1 amide bonds. The Morgan fingerprint density at radius 3 is 2.89 bits per heavy atom. The Morgan fingerprint density at radius 1 is 1.47 bits per heavy atom. The molecule has 1 fully saturated rings. The van der Waals surface area contributed by atoms with Crippen molar-refractivity contribution in [1.82, 2.24) is 19.8 Å². The number of nitrogens with zero attached hydrogens (tertiary/aromatic N) is 3. The van der Waals surface area contributed by atoms with Gasteiger partial charge in [-0.15, -0.1) is 0 Å². The highest BCUT2D eigenvalue weighted by molar-refractivity contribution is 5.76. The second-order valence-corrected chi connectivity index (χ2v) is 5.12. The van der Waals surface area contributed by atoms with Crippen molar-refractivity contribution < 1.29 is 4.79 Å². The SMILES string of the molecule is CCCN(C(=O)CCn1ccnc1)C1CCNCC1. The van der Waals surface area contributed by atoms with Crippen LogP contribution >= 0.6 is 0 Å². The molecule has 0 aliphatic carbocycles. The maximum absolute atomic E-state index is 12.4. The summed E-state index contributed by atoms with van der Waals surface area (Å²) < 4.78 is 1.96. The van der Waals surface area contributed by atoms with Gasteiger partial charge in [0.1, 0.15) is 0 Å². The third kappa shape index (κ3) is 4.06. The van der Waals surface area contributed by atoms with Gasteiger partial charge in [0.05, 0.1) is 6.33 Å². The van der Waals surface area contributed by atoms with E-state index >= 15 is 0 Å². The number of hydrogen-bond acceptors (Lipinski definition) is 3. The lowest BCUT2D eigenvalue weighted by molar-refractivity contribution is -0.134. The van der Waals surface area contributed by atoms with Gasteiger partial charge >= 0.3 is 0 Å². The van der Waals surface area contributed by atoms with Crippen LogP contribution < -0.4 is 5.32 Å². The third-order valence-electron chi connectivity index (χ3n) is 3.68. The van der Waals surface area contributed by atoms with Gasteiger partial charge in [0.2, 0.25) is 5.91 Å². The zero-order chi connectivity index (χ0) is 13.5. The number of hydrogen-bond donors (Lipinski definition) is 1. The molecule has 5 heteroatoms. The average molecular weight is 264 g/mol. The molecule has 0 aromatic carbocycles. The Hall–Kier alpha value is -1.36. The van der Waals surface area contributed by atoms with Crippen LogP contribution in [0.4, 0.5) is 0 Å². The molecule has 2 heterocycles. The fraction of sp³-hybridized carbons (Fsp3) is 0.714. The van der Waals surface area contributed by atoms with E-state index in [9.17, 15) is 4.79 Å². The Morgan fingerprint density at radius 2 is 2.26 bits per heavy atom. The quantitative estimate of drug-likeness (QED) is 0.841. The molecule has 1 aromatic heterocycles. The van der Waals surface area contributed by atoms with E-state index < -0.39 is 0 Å². The van der Waals surface area contributed by atoms with Gasteiger partial charge in [0.25, 0.3) is 0 Å². The van der Waals surface area contributed by atoms with Crippen molar-refractivity contribution in [1.29, 1.82) is 0 Å². The van der Waals surface area contributed by atoms with E-state index in [2.05, 4.69) is 22.1 Å². The highest BCUT2D eigenvalue weighted by atomic mass is 16.2. The third-order valence-corrected chi connectivity index (χ3v) is 3.68. The minimum absolute atomic E-state index is 0.280. The van der Waals surface area contributed by atoms with Crippen molar-refractivity contribution in [3.63, 3.8) is 0 Å². The van der Waals surface area contributed by atoms with Gasteiger partial charge in [-0.1, -0.05) is 6.92 Å². The van der Waals surface area contributed by atoms with Gasteiger partial charge in [-0.2, -0.15) is 0 Å². The number of piperidine rings is 1. The molecule has 0 unspecified atom stereocenters. The van der Waals surface area contributed by atoms with Gasteiger partial charge in [0.15, 0.2) is 0 Å². The predicted octanol–water partition coefficient (Wildman–Crippen LogP) is 1.26. The summed E-state index contributed by atoms with van der Waals surface area (Å²) in [5, 5.41) is 3.35. The fourth-order valence-electron chi connectivity index (χ4n) is 2.66. The van der Waals surface area contributed by atoms with Gasteiger partial charge in [-0.3, -0.25) is 4.79 Å². The summed E-state index contributed by atoms with van der Waals surface area (Å²) in [5.74, 6) is 0.280. The fourth-order valence-corrected chi connectivity index (χ4v) is 2.66. The molecular weight excluding hydrogens is 240 g/mol. The largest absolute Gasteiger partial charge is 0.340 e. The summed E-state index contributed by atoms with van der Waals surface area (Å²) in [4.78, 5) is 18.5. The van der Waals surface area contributed by atoms with Crippen LogP contribution in [-0.4, -0.2) is 46.0 Å². The van der Waals surface area contributed by atoms with E-state index in [-0.39, 0.29) is 5.91 Å². The summed E-state index contributed by atoms with van der Waals surface area (Å²) in [7, 11) is 0. The van der Waals surface area contributed by atoms with Crippen molar-refractivity contribution in [2.45, 2.75) is 45.2 Å². The van der Waals surface area contributed by atoms with Gasteiger partial charge < -0.3 is 14.8 Å². The lowest BCUT2D eigenvalue weighted by atomic mass is 10.0. The first-order chi connectivity index (χ1) is 9.31. The van der Waals surface area contributed by atoms with Crippen molar-refractivity contribution in [2.75, 3.05) is 19.6 Å². The topological polar surface area (TPSA) is 50.2 Å². The highest BCUT2D eigenvalue weighted by Crippen LogP contribution is 2.14. The minimum Gasteiger partial charge on any atom is -0.340 e.